The molecule has 1 N–H and O–H groups in total. The number of halogens is 1. The van der Waals surface area contributed by atoms with Crippen LogP contribution in [0.2, 0.25) is 5.02 Å². The molecular weight excluding hydrogens is 432 g/mol. The number of methoxy groups -OCH3 is 1. The molecule has 160 valence electrons. The van der Waals surface area contributed by atoms with Crippen LogP contribution in [-0.4, -0.2) is 36.6 Å². The van der Waals surface area contributed by atoms with Gasteiger partial charge in [0.1, 0.15) is 5.75 Å². The van der Waals surface area contributed by atoms with Gasteiger partial charge < -0.3 is 15.0 Å². The van der Waals surface area contributed by atoms with E-state index < -0.39 is 0 Å². The Balaban J connectivity index is 1.64. The zero-order chi connectivity index (χ0) is 22.2. The predicted molar refractivity (Wildman–Crippen MR) is 126 cm³/mol. The number of hydrogen-bond acceptors (Lipinski definition) is 4. The van der Waals surface area contributed by atoms with Crippen molar-refractivity contribution < 1.29 is 14.3 Å². The first-order valence-electron chi connectivity index (χ1n) is 9.62. The van der Waals surface area contributed by atoms with Gasteiger partial charge in [0, 0.05) is 35.3 Å². The number of ether oxygens (including phenoxy) is 1. The van der Waals surface area contributed by atoms with Gasteiger partial charge in [-0.05, 0) is 42.0 Å². The SMILES string of the molecule is COc1cccc(NC(=O)CSc2ccccc2C(=O)N(C)Cc2cccc(Cl)c2)c1. The maximum Gasteiger partial charge on any atom is 0.255 e. The fraction of sp³-hybridized carbons (Fsp3) is 0.167. The number of rotatable bonds is 8. The van der Waals surface area contributed by atoms with Gasteiger partial charge in [-0.25, -0.2) is 0 Å². The van der Waals surface area contributed by atoms with E-state index in [0.717, 1.165) is 10.5 Å². The van der Waals surface area contributed by atoms with Crippen molar-refractivity contribution in [3.63, 3.8) is 0 Å². The van der Waals surface area contributed by atoms with Crippen molar-refractivity contribution >= 4 is 40.9 Å². The van der Waals surface area contributed by atoms with Gasteiger partial charge in [-0.3, -0.25) is 9.59 Å². The van der Waals surface area contributed by atoms with Gasteiger partial charge in [-0.15, -0.1) is 11.8 Å². The molecule has 0 aliphatic carbocycles. The number of anilines is 1. The summed E-state index contributed by atoms with van der Waals surface area (Å²) in [6.45, 7) is 0.439. The molecule has 31 heavy (non-hydrogen) atoms. The van der Waals surface area contributed by atoms with Crippen LogP contribution in [0.15, 0.2) is 77.7 Å². The second-order valence-electron chi connectivity index (χ2n) is 6.86. The second-order valence-corrected chi connectivity index (χ2v) is 8.31. The van der Waals surface area contributed by atoms with Gasteiger partial charge in [0.25, 0.3) is 5.91 Å². The Bertz CT molecular complexity index is 1070. The molecule has 0 aromatic heterocycles. The molecule has 0 atom stereocenters. The predicted octanol–water partition coefficient (Wildman–Crippen LogP) is 5.35. The second kappa shape index (κ2) is 10.9. The number of benzene rings is 3. The lowest BCUT2D eigenvalue weighted by molar-refractivity contribution is -0.113. The van der Waals surface area contributed by atoms with E-state index in [4.69, 9.17) is 16.3 Å². The molecule has 0 unspecified atom stereocenters. The summed E-state index contributed by atoms with van der Waals surface area (Å²) in [7, 11) is 3.33. The zero-order valence-electron chi connectivity index (χ0n) is 17.3. The monoisotopic (exact) mass is 454 g/mol. The van der Waals surface area contributed by atoms with E-state index in [9.17, 15) is 9.59 Å². The standard InChI is InChI=1S/C24H23ClN2O3S/c1-27(15-17-7-5-8-18(25)13-17)24(29)21-11-3-4-12-22(21)31-16-23(28)26-19-9-6-10-20(14-19)30-2/h3-14H,15-16H2,1-2H3,(H,26,28). The van der Waals surface area contributed by atoms with Crippen LogP contribution in [0.1, 0.15) is 15.9 Å². The third-order valence-electron chi connectivity index (χ3n) is 4.49. The normalized spacial score (nSPS) is 10.4. The summed E-state index contributed by atoms with van der Waals surface area (Å²) < 4.78 is 5.17. The molecule has 3 aromatic rings. The van der Waals surface area contributed by atoms with Crippen molar-refractivity contribution in [2.45, 2.75) is 11.4 Å². The molecule has 0 spiro atoms. The lowest BCUT2D eigenvalue weighted by Crippen LogP contribution is -2.26. The molecule has 0 radical (unpaired) electrons. The van der Waals surface area contributed by atoms with Gasteiger partial charge >= 0.3 is 0 Å². The van der Waals surface area contributed by atoms with Crippen molar-refractivity contribution in [3.8, 4) is 5.75 Å². The molecule has 0 saturated carbocycles. The average Bonchev–Trinajstić information content (AvgIpc) is 2.77. The molecule has 0 heterocycles. The maximum atomic E-state index is 13.0. The third-order valence-corrected chi connectivity index (χ3v) is 5.79. The summed E-state index contributed by atoms with van der Waals surface area (Å²) >= 11 is 7.37. The largest absolute Gasteiger partial charge is 0.497 e. The van der Waals surface area contributed by atoms with Gasteiger partial charge in [-0.2, -0.15) is 0 Å². The Morgan fingerprint density at radius 1 is 1.03 bits per heavy atom. The quantitative estimate of drug-likeness (QED) is 0.466. The van der Waals surface area contributed by atoms with E-state index in [-0.39, 0.29) is 17.6 Å². The van der Waals surface area contributed by atoms with Crippen molar-refractivity contribution in [1.29, 1.82) is 0 Å². The topological polar surface area (TPSA) is 58.6 Å². The fourth-order valence-electron chi connectivity index (χ4n) is 3.00. The molecule has 5 nitrogen and oxygen atoms in total. The minimum absolute atomic E-state index is 0.115. The van der Waals surface area contributed by atoms with Crippen molar-refractivity contribution in [2.75, 3.05) is 25.2 Å². The minimum atomic E-state index is -0.159. The molecule has 0 fully saturated rings. The zero-order valence-corrected chi connectivity index (χ0v) is 18.9. The molecular formula is C24H23ClN2O3S. The van der Waals surface area contributed by atoms with Crippen LogP contribution in [-0.2, 0) is 11.3 Å². The summed E-state index contributed by atoms with van der Waals surface area (Å²) in [5.41, 5.74) is 2.17. The molecule has 2 amide bonds. The van der Waals surface area contributed by atoms with E-state index in [0.29, 0.717) is 28.6 Å². The summed E-state index contributed by atoms with van der Waals surface area (Å²) in [5, 5.41) is 3.48. The van der Waals surface area contributed by atoms with Crippen LogP contribution in [0.3, 0.4) is 0 Å². The van der Waals surface area contributed by atoms with Crippen LogP contribution in [0.5, 0.6) is 5.75 Å². The highest BCUT2D eigenvalue weighted by molar-refractivity contribution is 8.00. The van der Waals surface area contributed by atoms with Crippen molar-refractivity contribution in [1.82, 2.24) is 4.90 Å². The van der Waals surface area contributed by atoms with Crippen LogP contribution in [0.25, 0.3) is 0 Å². The van der Waals surface area contributed by atoms with E-state index >= 15 is 0 Å². The molecule has 0 aliphatic heterocycles. The number of nitrogens with one attached hydrogen (secondary N) is 1. The summed E-state index contributed by atoms with van der Waals surface area (Å²) in [5.74, 6) is 0.577. The number of thioether (sulfide) groups is 1. The number of nitrogens with zero attached hydrogens (tertiary/aromatic N) is 1. The van der Waals surface area contributed by atoms with Gasteiger partial charge in [0.05, 0.1) is 18.4 Å². The highest BCUT2D eigenvalue weighted by atomic mass is 35.5. The smallest absolute Gasteiger partial charge is 0.255 e. The fourth-order valence-corrected chi connectivity index (χ4v) is 4.05. The van der Waals surface area contributed by atoms with E-state index in [1.165, 1.54) is 11.8 Å². The highest BCUT2D eigenvalue weighted by Gasteiger charge is 2.17. The van der Waals surface area contributed by atoms with E-state index in [1.807, 2.05) is 48.5 Å². The van der Waals surface area contributed by atoms with Crippen LogP contribution in [0.4, 0.5) is 5.69 Å². The lowest BCUT2D eigenvalue weighted by atomic mass is 10.1. The molecule has 0 saturated heterocycles. The van der Waals surface area contributed by atoms with Gasteiger partial charge in [-0.1, -0.05) is 41.9 Å². The number of amides is 2. The molecule has 7 heteroatoms. The van der Waals surface area contributed by atoms with Crippen molar-refractivity contribution in [2.24, 2.45) is 0 Å². The summed E-state index contributed by atoms with van der Waals surface area (Å²) in [6, 6.07) is 21.9. The Morgan fingerprint density at radius 2 is 1.81 bits per heavy atom. The number of hydrogen-bond donors (Lipinski definition) is 1. The van der Waals surface area contributed by atoms with Crippen LogP contribution in [0, 0.1) is 0 Å². The Kier molecular flexibility index (Phi) is 7.98. The average molecular weight is 455 g/mol. The Hall–Kier alpha value is -2.96. The Labute approximate surface area is 191 Å². The first-order valence-corrected chi connectivity index (χ1v) is 11.0. The summed E-state index contributed by atoms with van der Waals surface area (Å²) in [6.07, 6.45) is 0. The molecule has 0 aliphatic rings. The minimum Gasteiger partial charge on any atom is -0.497 e. The van der Waals surface area contributed by atoms with Crippen molar-refractivity contribution in [3.05, 3.63) is 88.9 Å². The Morgan fingerprint density at radius 3 is 2.58 bits per heavy atom. The van der Waals surface area contributed by atoms with Crippen LogP contribution < -0.4 is 10.1 Å². The van der Waals surface area contributed by atoms with Gasteiger partial charge in [0.15, 0.2) is 0 Å². The molecule has 3 aromatic carbocycles. The maximum absolute atomic E-state index is 13.0. The van der Waals surface area contributed by atoms with Crippen LogP contribution >= 0.6 is 23.4 Å². The van der Waals surface area contributed by atoms with Gasteiger partial charge in [0.2, 0.25) is 5.91 Å². The number of carbonyl (C=O) groups excluding carboxylic acids is 2. The highest BCUT2D eigenvalue weighted by Crippen LogP contribution is 2.25. The van der Waals surface area contributed by atoms with E-state index in [2.05, 4.69) is 5.32 Å². The third kappa shape index (κ3) is 6.51. The molecule has 3 rings (SSSR count). The van der Waals surface area contributed by atoms with E-state index in [1.54, 1.807) is 43.3 Å². The lowest BCUT2D eigenvalue weighted by Gasteiger charge is -2.19. The summed E-state index contributed by atoms with van der Waals surface area (Å²) in [4.78, 5) is 27.8. The first kappa shape index (κ1) is 22.7. The molecule has 0 bridgehead atoms. The number of carbonyl (C=O) groups is 2. The first-order chi connectivity index (χ1) is 15.0.